The van der Waals surface area contributed by atoms with Crippen LogP contribution in [0.1, 0.15) is 12.5 Å². The van der Waals surface area contributed by atoms with E-state index in [1.807, 2.05) is 35.6 Å². The summed E-state index contributed by atoms with van der Waals surface area (Å²) in [4.78, 5) is 47.0. The van der Waals surface area contributed by atoms with Gasteiger partial charge in [0.15, 0.2) is 0 Å². The number of anilines is 1. The van der Waals surface area contributed by atoms with Crippen LogP contribution >= 0.6 is 0 Å². The molecule has 9 heteroatoms. The largest absolute Gasteiger partial charge is 0.343 e. The van der Waals surface area contributed by atoms with Gasteiger partial charge in [-0.3, -0.25) is 14.4 Å². The molecule has 2 amide bonds. The van der Waals surface area contributed by atoms with E-state index in [1.54, 1.807) is 0 Å². The highest BCUT2D eigenvalue weighted by Gasteiger charge is 2.46. The lowest BCUT2D eigenvalue weighted by Crippen LogP contribution is -2.42. The number of amides is 2. The van der Waals surface area contributed by atoms with E-state index in [2.05, 4.69) is 9.97 Å². The standard InChI is InChI=1S/C20H20F2N4O3/c1-20(21,22)11-25-18(28)17(27)16-10-26(14-8-23-12-24-9-14)19(29)15(16)7-13-5-3-2-4-6-13/h2-6,8-9,12,15-16H,7,10-11H2,1H3,(H,25,28)/t15-,16+/m1/s1. The van der Waals surface area contributed by atoms with Crippen molar-refractivity contribution >= 4 is 23.3 Å². The number of alkyl halides is 2. The Bertz CT molecular complexity index is 888. The van der Waals surface area contributed by atoms with Crippen LogP contribution in [-0.4, -0.2) is 46.6 Å². The summed E-state index contributed by atoms with van der Waals surface area (Å²) >= 11 is 0. The first kappa shape index (κ1) is 20.5. The molecule has 1 aliphatic heterocycles. The van der Waals surface area contributed by atoms with Gasteiger partial charge >= 0.3 is 0 Å². The average Bonchev–Trinajstić information content (AvgIpc) is 3.03. The number of carbonyl (C=O) groups is 3. The van der Waals surface area contributed by atoms with E-state index in [-0.39, 0.29) is 18.9 Å². The summed E-state index contributed by atoms with van der Waals surface area (Å²) in [5, 5.41) is 1.96. The minimum atomic E-state index is -3.14. The third-order valence-electron chi connectivity index (χ3n) is 4.73. The van der Waals surface area contributed by atoms with Crippen molar-refractivity contribution < 1.29 is 23.2 Å². The topological polar surface area (TPSA) is 92.3 Å². The summed E-state index contributed by atoms with van der Waals surface area (Å²) in [6, 6.07) is 9.09. The number of aromatic nitrogens is 2. The minimum Gasteiger partial charge on any atom is -0.343 e. The molecular weight excluding hydrogens is 382 g/mol. The fourth-order valence-corrected chi connectivity index (χ4v) is 3.30. The van der Waals surface area contributed by atoms with Crippen molar-refractivity contribution in [1.29, 1.82) is 0 Å². The molecule has 1 aliphatic rings. The Hall–Kier alpha value is -3.23. The van der Waals surface area contributed by atoms with E-state index in [1.165, 1.54) is 23.6 Å². The van der Waals surface area contributed by atoms with Gasteiger partial charge in [0, 0.05) is 13.5 Å². The van der Waals surface area contributed by atoms with Gasteiger partial charge in [-0.25, -0.2) is 18.7 Å². The average molecular weight is 402 g/mol. The van der Waals surface area contributed by atoms with Gasteiger partial charge in [-0.05, 0) is 12.0 Å². The van der Waals surface area contributed by atoms with Crippen LogP contribution in [0.4, 0.5) is 14.5 Å². The number of Topliss-reactive ketones (excluding diaryl/α,β-unsaturated/α-hetero) is 1. The van der Waals surface area contributed by atoms with E-state index < -0.39 is 36.0 Å². The molecule has 0 spiro atoms. The van der Waals surface area contributed by atoms with Gasteiger partial charge in [0.1, 0.15) is 6.33 Å². The number of carbonyl (C=O) groups excluding carboxylic acids is 3. The first-order chi connectivity index (χ1) is 13.8. The number of nitrogens with one attached hydrogen (secondary N) is 1. The summed E-state index contributed by atoms with van der Waals surface area (Å²) in [5.74, 6) is -7.24. The van der Waals surface area contributed by atoms with Crippen LogP contribution in [0.5, 0.6) is 0 Å². The van der Waals surface area contributed by atoms with E-state index in [9.17, 15) is 23.2 Å². The fourth-order valence-electron chi connectivity index (χ4n) is 3.30. The van der Waals surface area contributed by atoms with E-state index in [0.29, 0.717) is 12.6 Å². The molecule has 0 bridgehead atoms. The second-order valence-corrected chi connectivity index (χ2v) is 7.07. The van der Waals surface area contributed by atoms with Crippen LogP contribution in [0, 0.1) is 11.8 Å². The van der Waals surface area contributed by atoms with Gasteiger partial charge in [0.25, 0.3) is 11.8 Å². The molecule has 1 aromatic carbocycles. The molecule has 1 aromatic heterocycles. The zero-order chi connectivity index (χ0) is 21.0. The molecule has 1 N–H and O–H groups in total. The Labute approximate surface area is 166 Å². The van der Waals surface area contributed by atoms with Crippen molar-refractivity contribution in [2.24, 2.45) is 11.8 Å². The molecule has 2 aromatic rings. The van der Waals surface area contributed by atoms with Gasteiger partial charge in [-0.2, -0.15) is 0 Å². The summed E-state index contributed by atoms with van der Waals surface area (Å²) in [6.07, 6.45) is 4.44. The summed E-state index contributed by atoms with van der Waals surface area (Å²) in [5.41, 5.74) is 1.24. The van der Waals surface area contributed by atoms with Crippen LogP contribution in [0.3, 0.4) is 0 Å². The third kappa shape index (κ3) is 4.98. The van der Waals surface area contributed by atoms with Crippen molar-refractivity contribution in [1.82, 2.24) is 15.3 Å². The molecule has 0 aliphatic carbocycles. The van der Waals surface area contributed by atoms with Gasteiger partial charge in [0.2, 0.25) is 11.7 Å². The van der Waals surface area contributed by atoms with Crippen molar-refractivity contribution in [2.45, 2.75) is 19.3 Å². The van der Waals surface area contributed by atoms with Gasteiger partial charge in [-0.15, -0.1) is 0 Å². The Kier molecular flexibility index (Phi) is 5.95. The maximum absolute atomic E-state index is 13.0. The normalized spacial score (nSPS) is 19.3. The van der Waals surface area contributed by atoms with E-state index >= 15 is 0 Å². The van der Waals surface area contributed by atoms with Crippen molar-refractivity contribution in [3.63, 3.8) is 0 Å². The summed E-state index contributed by atoms with van der Waals surface area (Å²) in [7, 11) is 0. The lowest BCUT2D eigenvalue weighted by Gasteiger charge is -2.16. The third-order valence-corrected chi connectivity index (χ3v) is 4.73. The fraction of sp³-hybridized carbons (Fsp3) is 0.350. The molecule has 7 nitrogen and oxygen atoms in total. The highest BCUT2D eigenvalue weighted by atomic mass is 19.3. The second-order valence-electron chi connectivity index (χ2n) is 7.07. The highest BCUT2D eigenvalue weighted by Crippen LogP contribution is 2.32. The predicted molar refractivity (Wildman–Crippen MR) is 100 cm³/mol. The van der Waals surface area contributed by atoms with Crippen LogP contribution in [0.2, 0.25) is 0 Å². The Morgan fingerprint density at radius 3 is 2.48 bits per heavy atom. The maximum atomic E-state index is 13.0. The quantitative estimate of drug-likeness (QED) is 0.711. The van der Waals surface area contributed by atoms with Crippen LogP contribution in [0.15, 0.2) is 49.1 Å². The maximum Gasteiger partial charge on any atom is 0.287 e. The number of hydrogen-bond donors (Lipinski definition) is 1. The second kappa shape index (κ2) is 8.42. The molecular formula is C20H20F2N4O3. The Morgan fingerprint density at radius 1 is 1.21 bits per heavy atom. The van der Waals surface area contributed by atoms with E-state index in [0.717, 1.165) is 5.56 Å². The van der Waals surface area contributed by atoms with Gasteiger partial charge in [0.05, 0.1) is 36.5 Å². The smallest absolute Gasteiger partial charge is 0.287 e. The molecule has 0 unspecified atom stereocenters. The lowest BCUT2D eigenvalue weighted by molar-refractivity contribution is -0.142. The molecule has 0 radical (unpaired) electrons. The minimum absolute atomic E-state index is 0.0432. The van der Waals surface area contributed by atoms with Gasteiger partial charge in [-0.1, -0.05) is 30.3 Å². The molecule has 3 rings (SSSR count). The molecule has 29 heavy (non-hydrogen) atoms. The van der Waals surface area contributed by atoms with Crippen LogP contribution < -0.4 is 10.2 Å². The SMILES string of the molecule is CC(F)(F)CNC(=O)C(=O)[C@H]1CN(c2cncnc2)C(=O)[C@@H]1Cc1ccccc1. The Morgan fingerprint density at radius 2 is 1.86 bits per heavy atom. The monoisotopic (exact) mass is 402 g/mol. The first-order valence-corrected chi connectivity index (χ1v) is 9.06. The molecule has 2 heterocycles. The number of halogens is 2. The first-order valence-electron chi connectivity index (χ1n) is 9.06. The highest BCUT2D eigenvalue weighted by molar-refractivity contribution is 6.38. The zero-order valence-electron chi connectivity index (χ0n) is 15.7. The van der Waals surface area contributed by atoms with E-state index in [4.69, 9.17) is 0 Å². The molecule has 152 valence electrons. The molecule has 2 atom stereocenters. The molecule has 1 fully saturated rings. The number of ketones is 1. The number of hydrogen-bond acceptors (Lipinski definition) is 5. The molecule has 1 saturated heterocycles. The summed E-state index contributed by atoms with van der Waals surface area (Å²) in [6.45, 7) is -0.345. The lowest BCUT2D eigenvalue weighted by atomic mass is 9.86. The van der Waals surface area contributed by atoms with Crippen molar-refractivity contribution in [2.75, 3.05) is 18.0 Å². The van der Waals surface area contributed by atoms with Gasteiger partial charge < -0.3 is 10.2 Å². The van der Waals surface area contributed by atoms with Crippen LogP contribution in [0.25, 0.3) is 0 Å². The number of nitrogens with zero attached hydrogens (tertiary/aromatic N) is 3. The zero-order valence-corrected chi connectivity index (χ0v) is 15.7. The molecule has 0 saturated carbocycles. The number of benzene rings is 1. The van der Waals surface area contributed by atoms with Crippen molar-refractivity contribution in [3.8, 4) is 0 Å². The van der Waals surface area contributed by atoms with Crippen molar-refractivity contribution in [3.05, 3.63) is 54.6 Å². The Balaban J connectivity index is 1.84. The summed E-state index contributed by atoms with van der Waals surface area (Å²) < 4.78 is 26.1. The van der Waals surface area contributed by atoms with Crippen LogP contribution in [-0.2, 0) is 20.8 Å². The number of rotatable bonds is 7. The predicted octanol–water partition coefficient (Wildman–Crippen LogP) is 1.64.